The van der Waals surface area contributed by atoms with E-state index in [1.807, 2.05) is 12.1 Å². The molecule has 110 valence electrons. The second-order valence-electron chi connectivity index (χ2n) is 6.20. The fourth-order valence-electron chi connectivity index (χ4n) is 3.05. The summed E-state index contributed by atoms with van der Waals surface area (Å²) >= 11 is 3.54. The maximum atomic E-state index is 5.79. The summed E-state index contributed by atoms with van der Waals surface area (Å²) in [5.74, 6) is 0. The van der Waals surface area contributed by atoms with Gasteiger partial charge >= 0.3 is 0 Å². The molecule has 0 bridgehead atoms. The van der Waals surface area contributed by atoms with Gasteiger partial charge in [0.15, 0.2) is 0 Å². The number of likely N-dealkylation sites (N-methyl/N-ethyl adjacent to an activating group) is 1. The molecule has 0 aliphatic heterocycles. The Hall–Kier alpha value is -1.32. The van der Waals surface area contributed by atoms with Crippen LogP contribution in [-0.4, -0.2) is 18.5 Å². The first kappa shape index (κ1) is 14.6. The SMILES string of the molecule is CN(Cc1cccc(Br)c1)CC1(c2ccc(N)cc2)CC1. The van der Waals surface area contributed by atoms with Gasteiger partial charge < -0.3 is 10.6 Å². The number of hydrogen-bond acceptors (Lipinski definition) is 2. The van der Waals surface area contributed by atoms with Gasteiger partial charge in [-0.15, -0.1) is 0 Å². The van der Waals surface area contributed by atoms with E-state index in [-0.39, 0.29) is 0 Å². The Balaban J connectivity index is 1.67. The van der Waals surface area contributed by atoms with Crippen LogP contribution in [0.1, 0.15) is 24.0 Å². The van der Waals surface area contributed by atoms with Gasteiger partial charge in [-0.25, -0.2) is 0 Å². The third kappa shape index (κ3) is 3.47. The summed E-state index contributed by atoms with van der Waals surface area (Å²) in [7, 11) is 2.21. The molecule has 0 radical (unpaired) electrons. The van der Waals surface area contributed by atoms with Crippen molar-refractivity contribution in [3.05, 3.63) is 64.1 Å². The zero-order chi connectivity index (χ0) is 14.9. The largest absolute Gasteiger partial charge is 0.399 e. The van der Waals surface area contributed by atoms with E-state index in [1.165, 1.54) is 24.0 Å². The van der Waals surface area contributed by atoms with Crippen LogP contribution >= 0.6 is 15.9 Å². The number of nitrogen functional groups attached to an aromatic ring is 1. The fourth-order valence-corrected chi connectivity index (χ4v) is 3.49. The highest BCUT2D eigenvalue weighted by molar-refractivity contribution is 9.10. The van der Waals surface area contributed by atoms with E-state index in [9.17, 15) is 0 Å². The third-order valence-electron chi connectivity index (χ3n) is 4.29. The molecule has 1 aliphatic carbocycles. The summed E-state index contributed by atoms with van der Waals surface area (Å²) in [6.45, 7) is 2.08. The van der Waals surface area contributed by atoms with Crippen LogP contribution in [0.3, 0.4) is 0 Å². The van der Waals surface area contributed by atoms with Crippen LogP contribution in [0.4, 0.5) is 5.69 Å². The van der Waals surface area contributed by atoms with Crippen LogP contribution in [0.15, 0.2) is 53.0 Å². The molecular weight excluding hydrogens is 324 g/mol. The van der Waals surface area contributed by atoms with Crippen LogP contribution < -0.4 is 5.73 Å². The molecule has 0 heterocycles. The summed E-state index contributed by atoms with van der Waals surface area (Å²) in [6.07, 6.45) is 2.56. The van der Waals surface area contributed by atoms with E-state index in [0.29, 0.717) is 5.41 Å². The first-order chi connectivity index (χ1) is 10.1. The topological polar surface area (TPSA) is 29.3 Å². The maximum absolute atomic E-state index is 5.79. The number of nitrogens with zero attached hydrogens (tertiary/aromatic N) is 1. The molecule has 3 heteroatoms. The van der Waals surface area contributed by atoms with Gasteiger partial charge in [-0.05, 0) is 55.3 Å². The lowest BCUT2D eigenvalue weighted by molar-refractivity contribution is 0.294. The molecule has 2 N–H and O–H groups in total. The zero-order valence-electron chi connectivity index (χ0n) is 12.3. The van der Waals surface area contributed by atoms with Crippen molar-refractivity contribution in [2.75, 3.05) is 19.3 Å². The highest BCUT2D eigenvalue weighted by Gasteiger charge is 2.44. The molecule has 2 aromatic carbocycles. The molecule has 3 rings (SSSR count). The van der Waals surface area contributed by atoms with Gasteiger partial charge in [-0.2, -0.15) is 0 Å². The number of benzene rings is 2. The van der Waals surface area contributed by atoms with Crippen molar-refractivity contribution < 1.29 is 0 Å². The van der Waals surface area contributed by atoms with Crippen molar-refractivity contribution in [1.82, 2.24) is 4.90 Å². The summed E-state index contributed by atoms with van der Waals surface area (Å²) < 4.78 is 1.15. The van der Waals surface area contributed by atoms with Crippen LogP contribution in [0, 0.1) is 0 Å². The second-order valence-corrected chi connectivity index (χ2v) is 7.12. The van der Waals surface area contributed by atoms with Gasteiger partial charge in [-0.3, -0.25) is 0 Å². The summed E-state index contributed by atoms with van der Waals surface area (Å²) in [5, 5.41) is 0. The highest BCUT2D eigenvalue weighted by Crippen LogP contribution is 2.48. The average molecular weight is 345 g/mol. The Bertz CT molecular complexity index is 617. The standard InChI is InChI=1S/C18H21BrN2/c1-21(12-14-3-2-4-16(19)11-14)13-18(9-10-18)15-5-7-17(20)8-6-15/h2-8,11H,9-10,12-13,20H2,1H3. The zero-order valence-corrected chi connectivity index (χ0v) is 13.9. The lowest BCUT2D eigenvalue weighted by Crippen LogP contribution is -2.28. The van der Waals surface area contributed by atoms with E-state index in [1.54, 1.807) is 0 Å². The lowest BCUT2D eigenvalue weighted by atomic mass is 9.95. The van der Waals surface area contributed by atoms with Crippen LogP contribution in [0.5, 0.6) is 0 Å². The molecule has 1 aliphatic rings. The molecular formula is C18H21BrN2. The van der Waals surface area contributed by atoms with Crippen molar-refractivity contribution in [3.63, 3.8) is 0 Å². The van der Waals surface area contributed by atoms with Gasteiger partial charge in [0.2, 0.25) is 0 Å². The molecule has 2 nitrogen and oxygen atoms in total. The monoisotopic (exact) mass is 344 g/mol. The maximum Gasteiger partial charge on any atom is 0.0314 e. The van der Waals surface area contributed by atoms with E-state index in [4.69, 9.17) is 5.73 Å². The molecule has 1 fully saturated rings. The molecule has 0 atom stereocenters. The first-order valence-corrected chi connectivity index (χ1v) is 8.16. The van der Waals surface area contributed by atoms with Crippen LogP contribution in [0.25, 0.3) is 0 Å². The average Bonchev–Trinajstić information content (AvgIpc) is 3.20. The Kier molecular flexibility index (Phi) is 4.05. The number of halogens is 1. The normalized spacial score (nSPS) is 16.1. The molecule has 2 aromatic rings. The van der Waals surface area contributed by atoms with Gasteiger partial charge in [0, 0.05) is 28.7 Å². The predicted molar refractivity (Wildman–Crippen MR) is 92.2 cm³/mol. The molecule has 0 aromatic heterocycles. The molecule has 0 spiro atoms. The molecule has 0 saturated heterocycles. The van der Waals surface area contributed by atoms with E-state index >= 15 is 0 Å². The summed E-state index contributed by atoms with van der Waals surface area (Å²) in [6, 6.07) is 17.0. The van der Waals surface area contributed by atoms with E-state index < -0.39 is 0 Å². The van der Waals surface area contributed by atoms with E-state index in [2.05, 4.69) is 64.3 Å². The van der Waals surface area contributed by atoms with Crippen LogP contribution in [-0.2, 0) is 12.0 Å². The van der Waals surface area contributed by atoms with Crippen molar-refractivity contribution in [2.24, 2.45) is 0 Å². The fraction of sp³-hybridized carbons (Fsp3) is 0.333. The number of nitrogens with two attached hydrogens (primary N) is 1. The minimum atomic E-state index is 0.342. The van der Waals surface area contributed by atoms with Crippen molar-refractivity contribution in [3.8, 4) is 0 Å². The molecule has 21 heavy (non-hydrogen) atoms. The quantitative estimate of drug-likeness (QED) is 0.823. The van der Waals surface area contributed by atoms with Crippen molar-refractivity contribution in [1.29, 1.82) is 0 Å². The Morgan fingerprint density at radius 1 is 1.14 bits per heavy atom. The number of rotatable bonds is 5. The Morgan fingerprint density at radius 2 is 1.86 bits per heavy atom. The number of anilines is 1. The van der Waals surface area contributed by atoms with Gasteiger partial charge in [0.1, 0.15) is 0 Å². The molecule has 1 saturated carbocycles. The predicted octanol–water partition coefficient (Wildman–Crippen LogP) is 4.19. The highest BCUT2D eigenvalue weighted by atomic mass is 79.9. The number of hydrogen-bond donors (Lipinski definition) is 1. The Labute approximate surface area is 135 Å². The summed E-state index contributed by atoms with van der Waals surface area (Å²) in [5.41, 5.74) is 9.76. The van der Waals surface area contributed by atoms with Crippen molar-refractivity contribution >= 4 is 21.6 Å². The Morgan fingerprint density at radius 3 is 2.48 bits per heavy atom. The third-order valence-corrected chi connectivity index (χ3v) is 4.78. The minimum absolute atomic E-state index is 0.342. The lowest BCUT2D eigenvalue weighted by Gasteiger charge is -2.24. The minimum Gasteiger partial charge on any atom is -0.399 e. The second kappa shape index (κ2) is 5.82. The van der Waals surface area contributed by atoms with Crippen molar-refractivity contribution in [2.45, 2.75) is 24.8 Å². The van der Waals surface area contributed by atoms with Gasteiger partial charge in [-0.1, -0.05) is 40.2 Å². The first-order valence-electron chi connectivity index (χ1n) is 7.36. The van der Waals surface area contributed by atoms with Gasteiger partial charge in [0.25, 0.3) is 0 Å². The van der Waals surface area contributed by atoms with E-state index in [0.717, 1.165) is 23.2 Å². The van der Waals surface area contributed by atoms with Gasteiger partial charge in [0.05, 0.1) is 0 Å². The summed E-state index contributed by atoms with van der Waals surface area (Å²) in [4.78, 5) is 2.42. The smallest absolute Gasteiger partial charge is 0.0314 e. The van der Waals surface area contributed by atoms with Crippen LogP contribution in [0.2, 0.25) is 0 Å². The molecule has 0 unspecified atom stereocenters. The molecule has 0 amide bonds.